The van der Waals surface area contributed by atoms with Crippen LogP contribution in [0.2, 0.25) is 0 Å². The molecule has 124 valence electrons. The third kappa shape index (κ3) is 2.55. The molecular weight excluding hydrogens is 304 g/mol. The van der Waals surface area contributed by atoms with E-state index in [1.807, 2.05) is 29.5 Å². The molecular formula is C17H20N6O. The molecule has 7 nitrogen and oxygen atoms in total. The van der Waals surface area contributed by atoms with Crippen molar-refractivity contribution < 1.29 is 4.79 Å². The highest BCUT2D eigenvalue weighted by molar-refractivity contribution is 5.92. The Morgan fingerprint density at radius 2 is 2.08 bits per heavy atom. The first kappa shape index (κ1) is 14.9. The van der Waals surface area contributed by atoms with Gasteiger partial charge in [0.25, 0.3) is 5.91 Å². The largest absolute Gasteiger partial charge is 0.340 e. The number of fused-ring (bicyclic) bond motifs is 1. The lowest BCUT2D eigenvalue weighted by molar-refractivity contribution is 0.0706. The second-order valence-corrected chi connectivity index (χ2v) is 6.41. The van der Waals surface area contributed by atoms with Gasteiger partial charge in [-0.3, -0.25) is 4.79 Å². The molecule has 1 aliphatic rings. The first-order chi connectivity index (χ1) is 11.6. The highest BCUT2D eigenvalue weighted by Gasteiger charge is 2.26. The normalized spacial score (nSPS) is 16.0. The van der Waals surface area contributed by atoms with Crippen LogP contribution in [0.4, 0.5) is 0 Å². The number of amides is 1. The molecule has 24 heavy (non-hydrogen) atoms. The summed E-state index contributed by atoms with van der Waals surface area (Å²) in [4.78, 5) is 23.3. The van der Waals surface area contributed by atoms with Gasteiger partial charge in [-0.2, -0.15) is 5.10 Å². The molecule has 0 N–H and O–H groups in total. The Labute approximate surface area is 139 Å². The van der Waals surface area contributed by atoms with Crippen LogP contribution in [0.3, 0.4) is 0 Å². The highest BCUT2D eigenvalue weighted by atomic mass is 16.2. The van der Waals surface area contributed by atoms with E-state index in [4.69, 9.17) is 4.98 Å². The van der Waals surface area contributed by atoms with Gasteiger partial charge < -0.3 is 9.47 Å². The van der Waals surface area contributed by atoms with Crippen molar-refractivity contribution in [3.05, 3.63) is 47.9 Å². The Morgan fingerprint density at radius 1 is 1.29 bits per heavy atom. The molecule has 1 aliphatic heterocycles. The summed E-state index contributed by atoms with van der Waals surface area (Å²) in [6.45, 7) is 3.53. The number of rotatable bonds is 2. The van der Waals surface area contributed by atoms with Gasteiger partial charge in [0.2, 0.25) is 0 Å². The number of aryl methyl sites for hydroxylation is 2. The lowest BCUT2D eigenvalue weighted by atomic mass is 9.92. The average Bonchev–Trinajstić information content (AvgIpc) is 3.23. The molecule has 7 heteroatoms. The molecule has 0 unspecified atom stereocenters. The monoisotopic (exact) mass is 324 g/mol. The molecule has 1 fully saturated rings. The lowest BCUT2D eigenvalue weighted by Gasteiger charge is -2.31. The van der Waals surface area contributed by atoms with Gasteiger partial charge >= 0.3 is 0 Å². The second kappa shape index (κ2) is 5.74. The van der Waals surface area contributed by atoms with Crippen molar-refractivity contribution >= 4 is 11.6 Å². The summed E-state index contributed by atoms with van der Waals surface area (Å²) in [5, 5.41) is 4.27. The fourth-order valence-electron chi connectivity index (χ4n) is 3.37. The molecule has 3 aromatic rings. The van der Waals surface area contributed by atoms with Crippen LogP contribution in [0.15, 0.2) is 30.9 Å². The summed E-state index contributed by atoms with van der Waals surface area (Å²) in [5.41, 5.74) is 3.60. The van der Waals surface area contributed by atoms with Crippen molar-refractivity contribution in [2.45, 2.75) is 25.7 Å². The number of hydrogen-bond acceptors (Lipinski definition) is 4. The first-order valence-electron chi connectivity index (χ1n) is 8.20. The zero-order chi connectivity index (χ0) is 16.7. The van der Waals surface area contributed by atoms with Crippen LogP contribution in [0.1, 0.15) is 40.6 Å². The summed E-state index contributed by atoms with van der Waals surface area (Å²) in [7, 11) is 1.87. The summed E-state index contributed by atoms with van der Waals surface area (Å²) in [6, 6.07) is 4.04. The van der Waals surface area contributed by atoms with E-state index in [2.05, 4.69) is 16.1 Å². The zero-order valence-corrected chi connectivity index (χ0v) is 13.9. The van der Waals surface area contributed by atoms with E-state index in [9.17, 15) is 4.79 Å². The average molecular weight is 324 g/mol. The molecule has 0 aliphatic carbocycles. The van der Waals surface area contributed by atoms with Crippen LogP contribution in [-0.2, 0) is 7.05 Å². The molecule has 0 spiro atoms. The van der Waals surface area contributed by atoms with Crippen molar-refractivity contribution in [3.8, 4) is 0 Å². The van der Waals surface area contributed by atoms with E-state index in [1.54, 1.807) is 23.3 Å². The lowest BCUT2D eigenvalue weighted by Crippen LogP contribution is -2.38. The smallest absolute Gasteiger partial charge is 0.274 e. The fraction of sp³-hybridized carbons (Fsp3) is 0.412. The number of aromatic nitrogens is 5. The Bertz CT molecular complexity index is 888. The van der Waals surface area contributed by atoms with Crippen molar-refractivity contribution in [1.82, 2.24) is 29.0 Å². The van der Waals surface area contributed by atoms with E-state index in [0.717, 1.165) is 43.0 Å². The maximum Gasteiger partial charge on any atom is 0.274 e. The van der Waals surface area contributed by atoms with E-state index in [0.29, 0.717) is 11.6 Å². The van der Waals surface area contributed by atoms with E-state index >= 15 is 0 Å². The minimum atomic E-state index is 0.0180. The Kier molecular flexibility index (Phi) is 3.55. The minimum absolute atomic E-state index is 0.0180. The summed E-state index contributed by atoms with van der Waals surface area (Å²) < 4.78 is 3.65. The topological polar surface area (TPSA) is 68.3 Å². The standard InChI is InChI=1S/C17H20N6O/c1-12-9-14(20-16-3-6-19-23(12)16)13-4-7-22(8-5-13)17(24)15-10-21(2)11-18-15/h3,6,9-11,13H,4-5,7-8H2,1-2H3. The van der Waals surface area contributed by atoms with Crippen molar-refractivity contribution in [2.75, 3.05) is 13.1 Å². The molecule has 4 rings (SSSR count). The highest BCUT2D eigenvalue weighted by Crippen LogP contribution is 2.28. The summed E-state index contributed by atoms with van der Waals surface area (Å²) in [6.07, 6.45) is 7.05. The SMILES string of the molecule is Cc1cc(C2CCN(C(=O)c3cn(C)cn3)CC2)nc2ccnn12. The van der Waals surface area contributed by atoms with E-state index in [1.165, 1.54) is 0 Å². The van der Waals surface area contributed by atoms with Crippen LogP contribution < -0.4 is 0 Å². The molecule has 0 radical (unpaired) electrons. The maximum atomic E-state index is 12.5. The van der Waals surface area contributed by atoms with Gasteiger partial charge in [0.05, 0.1) is 12.5 Å². The van der Waals surface area contributed by atoms with Gasteiger partial charge in [0.1, 0.15) is 5.69 Å². The zero-order valence-electron chi connectivity index (χ0n) is 13.9. The van der Waals surface area contributed by atoms with Crippen molar-refractivity contribution in [1.29, 1.82) is 0 Å². The molecule has 1 amide bonds. The van der Waals surface area contributed by atoms with Gasteiger partial charge in [-0.25, -0.2) is 14.5 Å². The van der Waals surface area contributed by atoms with Gasteiger partial charge in [0, 0.05) is 49.7 Å². The first-order valence-corrected chi connectivity index (χ1v) is 8.20. The molecule has 4 heterocycles. The quantitative estimate of drug-likeness (QED) is 0.721. The third-order valence-corrected chi connectivity index (χ3v) is 4.68. The number of hydrogen-bond donors (Lipinski definition) is 0. The number of imidazole rings is 1. The second-order valence-electron chi connectivity index (χ2n) is 6.41. The number of piperidine rings is 1. The Hall–Kier alpha value is -2.70. The van der Waals surface area contributed by atoms with Gasteiger partial charge in [-0.05, 0) is 25.8 Å². The number of carbonyl (C=O) groups is 1. The van der Waals surface area contributed by atoms with Crippen LogP contribution in [0, 0.1) is 6.92 Å². The molecule has 0 saturated carbocycles. The third-order valence-electron chi connectivity index (χ3n) is 4.68. The molecule has 1 saturated heterocycles. The van der Waals surface area contributed by atoms with Gasteiger partial charge in [0.15, 0.2) is 5.65 Å². The number of carbonyl (C=O) groups excluding carboxylic acids is 1. The number of nitrogens with zero attached hydrogens (tertiary/aromatic N) is 6. The van der Waals surface area contributed by atoms with Crippen LogP contribution in [-0.4, -0.2) is 48.0 Å². The van der Waals surface area contributed by atoms with Crippen molar-refractivity contribution in [2.24, 2.45) is 7.05 Å². The van der Waals surface area contributed by atoms with E-state index < -0.39 is 0 Å². The van der Waals surface area contributed by atoms with Gasteiger partial charge in [-0.15, -0.1) is 0 Å². The van der Waals surface area contributed by atoms with Gasteiger partial charge in [-0.1, -0.05) is 0 Å². The molecule has 0 atom stereocenters. The van der Waals surface area contributed by atoms with Crippen LogP contribution in [0.5, 0.6) is 0 Å². The van der Waals surface area contributed by atoms with Crippen molar-refractivity contribution in [3.63, 3.8) is 0 Å². The fourth-order valence-corrected chi connectivity index (χ4v) is 3.37. The van der Waals surface area contributed by atoms with E-state index in [-0.39, 0.29) is 5.91 Å². The maximum absolute atomic E-state index is 12.5. The summed E-state index contributed by atoms with van der Waals surface area (Å²) >= 11 is 0. The number of likely N-dealkylation sites (tertiary alicyclic amines) is 1. The molecule has 3 aromatic heterocycles. The Morgan fingerprint density at radius 3 is 2.79 bits per heavy atom. The predicted octanol–water partition coefficient (Wildman–Crippen LogP) is 1.79. The molecule has 0 aromatic carbocycles. The van der Waals surface area contributed by atoms with Crippen LogP contribution >= 0.6 is 0 Å². The molecule has 0 bridgehead atoms. The van der Waals surface area contributed by atoms with Crippen LogP contribution in [0.25, 0.3) is 5.65 Å². The predicted molar refractivity (Wildman–Crippen MR) is 88.8 cm³/mol. The summed E-state index contributed by atoms with van der Waals surface area (Å²) in [5.74, 6) is 0.404. The Balaban J connectivity index is 1.48. The minimum Gasteiger partial charge on any atom is -0.340 e.